The molecule has 3 aliphatic rings. The minimum absolute atomic E-state index is 0.678. The van der Waals surface area contributed by atoms with E-state index in [2.05, 4.69) is 127 Å². The fraction of sp³-hybridized carbons (Fsp3) is 0.122. The first kappa shape index (κ1) is 31.0. The lowest BCUT2D eigenvalue weighted by molar-refractivity contribution is 0.545. The van der Waals surface area contributed by atoms with E-state index in [0.717, 1.165) is 122 Å². The highest BCUT2D eigenvalue weighted by Gasteiger charge is 2.26. The molecule has 5 aromatic carbocycles. The maximum atomic E-state index is 6.56. The summed E-state index contributed by atoms with van der Waals surface area (Å²) < 4.78 is 12.8. The van der Waals surface area contributed by atoms with Gasteiger partial charge in [-0.05, 0) is 107 Å². The number of nitrogens with zero attached hydrogens (tertiary/aromatic N) is 3. The van der Waals surface area contributed by atoms with Gasteiger partial charge >= 0.3 is 0 Å². The molecule has 3 heterocycles. The summed E-state index contributed by atoms with van der Waals surface area (Å²) >= 11 is 0. The monoisotopic (exact) mass is 697 g/mol. The second kappa shape index (κ2) is 12.5. The molecule has 0 spiro atoms. The summed E-state index contributed by atoms with van der Waals surface area (Å²) in [4.78, 5) is 15.7. The lowest BCUT2D eigenvalue weighted by Crippen LogP contribution is -2.09. The molecule has 0 saturated carbocycles. The summed E-state index contributed by atoms with van der Waals surface area (Å²) in [5, 5.41) is 5.66. The van der Waals surface area contributed by atoms with Crippen molar-refractivity contribution < 1.29 is 8.83 Å². The molecule has 0 saturated heterocycles. The van der Waals surface area contributed by atoms with Crippen molar-refractivity contribution in [3.63, 3.8) is 0 Å². The van der Waals surface area contributed by atoms with Gasteiger partial charge in [-0.15, -0.1) is 0 Å². The number of hydrogen-bond acceptors (Lipinski definition) is 5. The zero-order valence-corrected chi connectivity index (χ0v) is 29.7. The van der Waals surface area contributed by atoms with Crippen LogP contribution in [0.4, 0.5) is 0 Å². The van der Waals surface area contributed by atoms with Crippen LogP contribution in [0.25, 0.3) is 77.3 Å². The molecule has 11 rings (SSSR count). The van der Waals surface area contributed by atoms with Crippen LogP contribution in [0, 0.1) is 0 Å². The molecule has 5 heteroatoms. The maximum Gasteiger partial charge on any atom is 0.164 e. The fourth-order valence-electron chi connectivity index (χ4n) is 8.42. The van der Waals surface area contributed by atoms with Crippen molar-refractivity contribution in [3.8, 4) is 22.5 Å². The second-order valence-electron chi connectivity index (χ2n) is 14.5. The number of aryl methyl sites for hydroxylation is 1. The minimum atomic E-state index is 0.678. The molecule has 258 valence electrons. The third kappa shape index (κ3) is 5.27. The van der Waals surface area contributed by atoms with E-state index in [-0.39, 0.29) is 0 Å². The molecular formula is C49H35N3O2. The van der Waals surface area contributed by atoms with E-state index >= 15 is 0 Å². The number of fused-ring (bicyclic) bond motifs is 7. The third-order valence-corrected chi connectivity index (χ3v) is 11.2. The van der Waals surface area contributed by atoms with Crippen molar-refractivity contribution >= 4 is 54.8 Å². The Balaban J connectivity index is 1.04. The van der Waals surface area contributed by atoms with Gasteiger partial charge in [0, 0.05) is 39.3 Å². The van der Waals surface area contributed by atoms with Crippen molar-refractivity contribution in [2.45, 2.75) is 38.5 Å². The van der Waals surface area contributed by atoms with Gasteiger partial charge in [-0.25, -0.2) is 15.0 Å². The molecule has 0 atom stereocenters. The van der Waals surface area contributed by atoms with Gasteiger partial charge in [0.1, 0.15) is 22.5 Å². The second-order valence-corrected chi connectivity index (χ2v) is 14.5. The summed E-state index contributed by atoms with van der Waals surface area (Å²) in [6.07, 6.45) is 19.2. The molecule has 3 aliphatic carbocycles. The predicted molar refractivity (Wildman–Crippen MR) is 219 cm³/mol. The Morgan fingerprint density at radius 2 is 1.20 bits per heavy atom. The molecule has 0 radical (unpaired) electrons. The summed E-state index contributed by atoms with van der Waals surface area (Å²) in [5.74, 6) is 3.06. The van der Waals surface area contributed by atoms with Crippen LogP contribution in [0.3, 0.4) is 0 Å². The van der Waals surface area contributed by atoms with Crippen molar-refractivity contribution in [1.82, 2.24) is 15.0 Å². The van der Waals surface area contributed by atoms with Crippen molar-refractivity contribution in [1.29, 1.82) is 0 Å². The zero-order chi connectivity index (χ0) is 35.6. The number of rotatable bonds is 5. The van der Waals surface area contributed by atoms with E-state index < -0.39 is 0 Å². The molecule has 0 amide bonds. The van der Waals surface area contributed by atoms with Crippen LogP contribution >= 0.6 is 0 Å². The Kier molecular flexibility index (Phi) is 7.19. The summed E-state index contributed by atoms with van der Waals surface area (Å²) in [6.45, 7) is 0. The molecule has 5 nitrogen and oxygen atoms in total. The normalized spacial score (nSPS) is 15.7. The highest BCUT2D eigenvalue weighted by Crippen LogP contribution is 2.42. The first-order chi connectivity index (χ1) is 26.7. The average molecular weight is 698 g/mol. The van der Waals surface area contributed by atoms with Crippen LogP contribution in [0.5, 0.6) is 0 Å². The van der Waals surface area contributed by atoms with E-state index in [9.17, 15) is 0 Å². The SMILES string of the molecule is C1=CCCC(C2=CC=C(c3nc(C4=CCCc5oc6ccc(-c7ccc8c(c7)oc7ccccc78)cc6c54)nc(-c4ccc5ccccc5c4)n3)CC2)=C1. The molecule has 0 fully saturated rings. The van der Waals surface area contributed by atoms with Crippen molar-refractivity contribution in [2.75, 3.05) is 0 Å². The van der Waals surface area contributed by atoms with E-state index in [0.29, 0.717) is 11.6 Å². The minimum Gasteiger partial charge on any atom is -0.460 e. The van der Waals surface area contributed by atoms with E-state index in [4.69, 9.17) is 23.8 Å². The Morgan fingerprint density at radius 3 is 2.11 bits per heavy atom. The van der Waals surface area contributed by atoms with Crippen LogP contribution < -0.4 is 0 Å². The van der Waals surface area contributed by atoms with Gasteiger partial charge in [-0.1, -0.05) is 103 Å². The Morgan fingerprint density at radius 1 is 0.463 bits per heavy atom. The number of allylic oxidation sites excluding steroid dienone is 9. The van der Waals surface area contributed by atoms with E-state index in [1.807, 2.05) is 12.1 Å². The van der Waals surface area contributed by atoms with Gasteiger partial charge in [0.2, 0.25) is 0 Å². The molecule has 8 aromatic rings. The van der Waals surface area contributed by atoms with Crippen LogP contribution in [0.1, 0.15) is 55.1 Å². The van der Waals surface area contributed by atoms with Gasteiger partial charge < -0.3 is 8.83 Å². The third-order valence-electron chi connectivity index (χ3n) is 11.2. The lowest BCUT2D eigenvalue weighted by atomic mass is 9.89. The standard InChI is InChI=1S/C49H35N3O2/c1-2-9-30(10-3-1)32-17-20-33(21-18-32)47-50-48(37-22-19-31-11-4-5-12-34(31)27-37)52-49(51-47)40-14-8-16-44-46(40)41-28-35(24-26-43(41)53-44)36-23-25-39-38-13-6-7-15-42(38)54-45(39)29-36/h1-2,4-7,9,11-15,17,19-20,22-29H,3,8,10,16,18,21H2. The molecule has 3 aromatic heterocycles. The maximum absolute atomic E-state index is 6.56. The predicted octanol–water partition coefficient (Wildman–Crippen LogP) is 12.8. The molecule has 0 aliphatic heterocycles. The number of benzene rings is 5. The fourth-order valence-corrected chi connectivity index (χ4v) is 8.42. The molecular weight excluding hydrogens is 663 g/mol. The van der Waals surface area contributed by atoms with Crippen molar-refractivity contribution in [3.05, 3.63) is 174 Å². The molecule has 54 heavy (non-hydrogen) atoms. The van der Waals surface area contributed by atoms with E-state index in [1.165, 1.54) is 16.5 Å². The number of aromatic nitrogens is 3. The zero-order valence-electron chi connectivity index (χ0n) is 29.7. The first-order valence-corrected chi connectivity index (χ1v) is 18.9. The number of hydrogen-bond donors (Lipinski definition) is 0. The average Bonchev–Trinajstić information content (AvgIpc) is 3.81. The van der Waals surface area contributed by atoms with Gasteiger partial charge in [0.15, 0.2) is 17.5 Å². The highest BCUT2D eigenvalue weighted by atomic mass is 16.3. The number of furan rings is 2. The van der Waals surface area contributed by atoms with Crippen LogP contribution in [-0.4, -0.2) is 15.0 Å². The van der Waals surface area contributed by atoms with Gasteiger partial charge in [0.05, 0.1) is 0 Å². The van der Waals surface area contributed by atoms with E-state index in [1.54, 1.807) is 0 Å². The number of para-hydroxylation sites is 1. The van der Waals surface area contributed by atoms with Crippen molar-refractivity contribution in [2.24, 2.45) is 0 Å². The largest absolute Gasteiger partial charge is 0.460 e. The Bertz CT molecular complexity index is 3000. The lowest BCUT2D eigenvalue weighted by Gasteiger charge is -2.19. The molecule has 0 bridgehead atoms. The summed E-state index contributed by atoms with van der Waals surface area (Å²) in [7, 11) is 0. The molecule has 0 N–H and O–H groups in total. The van der Waals surface area contributed by atoms with Crippen LogP contribution in [-0.2, 0) is 6.42 Å². The Hall–Kier alpha value is -6.59. The first-order valence-electron chi connectivity index (χ1n) is 18.9. The Labute approximate surface area is 312 Å². The van der Waals surface area contributed by atoms with Crippen LogP contribution in [0.2, 0.25) is 0 Å². The van der Waals surface area contributed by atoms with Crippen LogP contribution in [0.15, 0.2) is 160 Å². The smallest absolute Gasteiger partial charge is 0.164 e. The topological polar surface area (TPSA) is 65.0 Å². The van der Waals surface area contributed by atoms with Gasteiger partial charge in [-0.3, -0.25) is 0 Å². The molecule has 0 unspecified atom stereocenters. The van der Waals surface area contributed by atoms with Gasteiger partial charge in [-0.2, -0.15) is 0 Å². The van der Waals surface area contributed by atoms with Gasteiger partial charge in [0.25, 0.3) is 0 Å². The summed E-state index contributed by atoms with van der Waals surface area (Å²) in [5.41, 5.74) is 11.9. The summed E-state index contributed by atoms with van der Waals surface area (Å²) in [6, 6.07) is 36.1. The highest BCUT2D eigenvalue weighted by molar-refractivity contribution is 6.06. The quantitative estimate of drug-likeness (QED) is 0.179.